The Morgan fingerprint density at radius 3 is 2.04 bits per heavy atom. The number of hydrogen-bond acceptors (Lipinski definition) is 3. The second kappa shape index (κ2) is 9.52. The van der Waals surface area contributed by atoms with Gasteiger partial charge < -0.3 is 24.9 Å². The second-order valence-corrected chi connectivity index (χ2v) is 9.56. The fourth-order valence-electron chi connectivity index (χ4n) is 1.79. The summed E-state index contributed by atoms with van der Waals surface area (Å²) in [5.74, 6) is -0.463. The van der Waals surface area contributed by atoms with Gasteiger partial charge in [0.1, 0.15) is 0 Å². The van der Waals surface area contributed by atoms with Gasteiger partial charge in [0.25, 0.3) is 0 Å². The van der Waals surface area contributed by atoms with E-state index in [0.717, 1.165) is 12.0 Å². The van der Waals surface area contributed by atoms with Crippen molar-refractivity contribution in [2.45, 2.75) is 45.4 Å². The van der Waals surface area contributed by atoms with Gasteiger partial charge in [0, 0.05) is 12.6 Å². The summed E-state index contributed by atoms with van der Waals surface area (Å²) in [7, 11) is -9.89. The molecule has 5 N–H and O–H groups in total. The van der Waals surface area contributed by atoms with Gasteiger partial charge in [-0.25, -0.2) is 0 Å². The van der Waals surface area contributed by atoms with E-state index in [1.807, 2.05) is 19.9 Å². The molecule has 134 valence electrons. The number of hydrogen-bond donors (Lipinski definition) is 5. The molecule has 0 saturated heterocycles. The van der Waals surface area contributed by atoms with Crippen molar-refractivity contribution >= 4 is 21.1 Å². The molecule has 0 aromatic rings. The zero-order valence-electron chi connectivity index (χ0n) is 13.5. The first-order valence-electron chi connectivity index (χ1n) is 7.03. The molecule has 0 aromatic carbocycles. The number of allylic oxidation sites excluding steroid dienone is 3. The van der Waals surface area contributed by atoms with E-state index >= 15 is 0 Å². The minimum absolute atomic E-state index is 0.239. The average Bonchev–Trinajstić information content (AvgIpc) is 2.30. The summed E-state index contributed by atoms with van der Waals surface area (Å²) < 4.78 is 22.2. The highest BCUT2D eigenvalue weighted by Crippen LogP contribution is 2.61. The van der Waals surface area contributed by atoms with E-state index in [0.29, 0.717) is 6.42 Å². The molecule has 0 fully saturated rings. The van der Waals surface area contributed by atoms with Gasteiger partial charge >= 0.3 is 15.2 Å². The van der Waals surface area contributed by atoms with Gasteiger partial charge in [0.15, 0.2) is 5.40 Å². The molecule has 0 rings (SSSR count). The summed E-state index contributed by atoms with van der Waals surface area (Å²) in [5, 5.41) is 0.271. The standard InChI is InChI=1S/C13H25NO7P2/c1-10(2)5-4-6-11(3)9-12(15)14-8-7-13(22(16,17)18)23(19,20)21/h5,9,13H,4,6-8H2,1-3H3,(H,14,15)(H2,16,17,18)(H2,19,20,21)/b11-9-. The van der Waals surface area contributed by atoms with Crippen LogP contribution in [0.2, 0.25) is 0 Å². The van der Waals surface area contributed by atoms with Crippen molar-refractivity contribution in [2.24, 2.45) is 0 Å². The quantitative estimate of drug-likeness (QED) is 0.237. The highest BCUT2D eigenvalue weighted by molar-refractivity contribution is 7.70. The van der Waals surface area contributed by atoms with Crippen molar-refractivity contribution in [1.29, 1.82) is 0 Å². The van der Waals surface area contributed by atoms with E-state index in [1.54, 1.807) is 6.92 Å². The van der Waals surface area contributed by atoms with Gasteiger partial charge in [0.2, 0.25) is 5.91 Å². The Morgan fingerprint density at radius 1 is 1.09 bits per heavy atom. The zero-order valence-corrected chi connectivity index (χ0v) is 15.3. The summed E-state index contributed by atoms with van der Waals surface area (Å²) in [5.41, 5.74) is 2.02. The molecule has 0 atom stereocenters. The predicted octanol–water partition coefficient (Wildman–Crippen LogP) is 1.87. The molecule has 23 heavy (non-hydrogen) atoms. The molecular formula is C13H25NO7P2. The molecule has 0 aromatic heterocycles. The van der Waals surface area contributed by atoms with Crippen LogP contribution in [0.1, 0.15) is 40.0 Å². The summed E-state index contributed by atoms with van der Waals surface area (Å²) >= 11 is 0. The van der Waals surface area contributed by atoms with Crippen LogP contribution in [0.5, 0.6) is 0 Å². The third kappa shape index (κ3) is 10.6. The largest absolute Gasteiger partial charge is 0.353 e. The van der Waals surface area contributed by atoms with E-state index in [2.05, 4.69) is 5.32 Å². The number of rotatable bonds is 9. The molecule has 0 aliphatic heterocycles. The summed E-state index contributed by atoms with van der Waals surface area (Å²) in [6.07, 6.45) is 4.40. The molecule has 10 heteroatoms. The highest BCUT2D eigenvalue weighted by atomic mass is 31.2. The minimum Gasteiger partial charge on any atom is -0.353 e. The lowest BCUT2D eigenvalue weighted by Gasteiger charge is -2.19. The van der Waals surface area contributed by atoms with Crippen molar-refractivity contribution < 1.29 is 33.5 Å². The smallest absolute Gasteiger partial charge is 0.340 e. The topological polar surface area (TPSA) is 144 Å². The molecule has 0 saturated carbocycles. The van der Waals surface area contributed by atoms with Crippen LogP contribution in [0.4, 0.5) is 0 Å². The van der Waals surface area contributed by atoms with Crippen molar-refractivity contribution in [3.8, 4) is 0 Å². The van der Waals surface area contributed by atoms with Gasteiger partial charge in [0.05, 0.1) is 0 Å². The molecule has 0 aliphatic rings. The summed E-state index contributed by atoms with van der Waals surface area (Å²) in [4.78, 5) is 47.5. The van der Waals surface area contributed by atoms with Gasteiger partial charge in [-0.2, -0.15) is 0 Å². The van der Waals surface area contributed by atoms with Gasteiger partial charge in [-0.3, -0.25) is 13.9 Å². The first kappa shape index (κ1) is 22.2. The molecule has 1 amide bonds. The van der Waals surface area contributed by atoms with E-state index in [-0.39, 0.29) is 6.54 Å². The summed E-state index contributed by atoms with van der Waals surface area (Å²) in [6, 6.07) is 0. The maximum Gasteiger partial charge on any atom is 0.340 e. The Bertz CT molecular complexity index is 533. The molecule has 0 aliphatic carbocycles. The van der Waals surface area contributed by atoms with Crippen LogP contribution in [0, 0.1) is 0 Å². The lowest BCUT2D eigenvalue weighted by atomic mass is 10.1. The summed E-state index contributed by atoms with van der Waals surface area (Å²) in [6.45, 7) is 5.50. The normalized spacial score (nSPS) is 13.1. The van der Waals surface area contributed by atoms with Crippen LogP contribution in [0.25, 0.3) is 0 Å². The van der Waals surface area contributed by atoms with Crippen LogP contribution in [0.3, 0.4) is 0 Å². The third-order valence-corrected chi connectivity index (χ3v) is 6.82. The predicted molar refractivity (Wildman–Crippen MR) is 87.9 cm³/mol. The molecule has 0 unspecified atom stereocenters. The fraction of sp³-hybridized carbons (Fsp3) is 0.615. The number of carbonyl (C=O) groups is 1. The van der Waals surface area contributed by atoms with E-state index in [9.17, 15) is 13.9 Å². The van der Waals surface area contributed by atoms with Gasteiger partial charge in [-0.05, 0) is 40.0 Å². The maximum absolute atomic E-state index is 11.6. The molecule has 0 spiro atoms. The van der Waals surface area contributed by atoms with Crippen molar-refractivity contribution in [1.82, 2.24) is 5.32 Å². The minimum atomic E-state index is -4.95. The Balaban J connectivity index is 4.46. The van der Waals surface area contributed by atoms with Crippen molar-refractivity contribution in [3.05, 3.63) is 23.3 Å². The number of nitrogens with one attached hydrogen (secondary N) is 1. The lowest BCUT2D eigenvalue weighted by molar-refractivity contribution is -0.116. The van der Waals surface area contributed by atoms with E-state index in [4.69, 9.17) is 19.6 Å². The Hall–Kier alpha value is -0.750. The van der Waals surface area contributed by atoms with E-state index in [1.165, 1.54) is 11.6 Å². The van der Waals surface area contributed by atoms with Crippen LogP contribution in [-0.2, 0) is 13.9 Å². The molecule has 0 bridgehead atoms. The molecular weight excluding hydrogens is 344 g/mol. The lowest BCUT2D eigenvalue weighted by Crippen LogP contribution is -2.26. The third-order valence-electron chi connectivity index (χ3n) is 2.95. The van der Waals surface area contributed by atoms with Crippen molar-refractivity contribution in [2.75, 3.05) is 6.54 Å². The second-order valence-electron chi connectivity index (χ2n) is 5.55. The zero-order chi connectivity index (χ0) is 18.3. The number of amides is 1. The highest BCUT2D eigenvalue weighted by Gasteiger charge is 2.42. The SMILES string of the molecule is CC(C)=CCC/C(C)=C\C(=O)NCCC(P(=O)(O)O)P(=O)(O)O. The van der Waals surface area contributed by atoms with Crippen molar-refractivity contribution in [3.63, 3.8) is 0 Å². The molecule has 0 radical (unpaired) electrons. The Kier molecular flexibility index (Phi) is 9.21. The number of carbonyl (C=O) groups excluding carboxylic acids is 1. The first-order chi connectivity index (χ1) is 10.3. The Labute approximate surface area is 136 Å². The average molecular weight is 369 g/mol. The maximum atomic E-state index is 11.6. The fourth-order valence-corrected chi connectivity index (χ4v) is 4.29. The van der Waals surface area contributed by atoms with Gasteiger partial charge in [-0.1, -0.05) is 17.2 Å². The van der Waals surface area contributed by atoms with Crippen LogP contribution in [-0.4, -0.2) is 37.4 Å². The van der Waals surface area contributed by atoms with Crippen LogP contribution < -0.4 is 5.32 Å². The van der Waals surface area contributed by atoms with Crippen LogP contribution >= 0.6 is 15.2 Å². The Morgan fingerprint density at radius 2 is 1.61 bits per heavy atom. The van der Waals surface area contributed by atoms with E-state index < -0.39 is 32.9 Å². The van der Waals surface area contributed by atoms with Crippen LogP contribution in [0.15, 0.2) is 23.3 Å². The molecule has 0 heterocycles. The van der Waals surface area contributed by atoms with Gasteiger partial charge in [-0.15, -0.1) is 0 Å². The first-order valence-corrected chi connectivity index (χ1v) is 10.4. The molecule has 8 nitrogen and oxygen atoms in total. The monoisotopic (exact) mass is 369 g/mol.